The second-order valence-electron chi connectivity index (χ2n) is 8.02. The van der Waals surface area contributed by atoms with Crippen molar-refractivity contribution in [2.45, 2.75) is 37.9 Å². The minimum atomic E-state index is -4.06. The third-order valence-electron chi connectivity index (χ3n) is 5.19. The van der Waals surface area contributed by atoms with Crippen LogP contribution in [0.5, 0.6) is 5.75 Å². The molecule has 0 bridgehead atoms. The molecule has 1 heterocycles. The summed E-state index contributed by atoms with van der Waals surface area (Å²) in [5.41, 5.74) is 3.97. The zero-order valence-corrected chi connectivity index (χ0v) is 20.2. The van der Waals surface area contributed by atoms with E-state index in [1.807, 2.05) is 30.3 Å². The number of carbonyl (C=O) groups excluding carboxylic acids is 1. The topological polar surface area (TPSA) is 97.8 Å². The van der Waals surface area contributed by atoms with E-state index in [4.69, 9.17) is 9.57 Å². The van der Waals surface area contributed by atoms with Gasteiger partial charge in [-0.25, -0.2) is 13.9 Å². The van der Waals surface area contributed by atoms with Crippen LogP contribution in [0.25, 0.3) is 0 Å². The van der Waals surface area contributed by atoms with E-state index in [1.165, 1.54) is 23.5 Å². The van der Waals surface area contributed by atoms with Crippen LogP contribution in [-0.2, 0) is 32.8 Å². The number of amides is 1. The predicted octanol–water partition coefficient (Wildman–Crippen LogP) is 3.55. The number of nitrogens with zero attached hydrogens (tertiary/aromatic N) is 2. The van der Waals surface area contributed by atoms with Gasteiger partial charge in [0.05, 0.1) is 18.6 Å². The number of hydrogen-bond donors (Lipinski definition) is 1. The Labute approximate surface area is 200 Å². The molecule has 0 saturated heterocycles. The van der Waals surface area contributed by atoms with Gasteiger partial charge < -0.3 is 4.74 Å². The maximum Gasteiger partial charge on any atom is 0.262 e. The summed E-state index contributed by atoms with van der Waals surface area (Å²) in [5, 5.41) is 0. The zero-order chi connectivity index (χ0) is 24.6. The molecule has 3 rings (SSSR count). The highest BCUT2D eigenvalue weighted by Crippen LogP contribution is 2.26. The van der Waals surface area contributed by atoms with Crippen molar-refractivity contribution in [1.29, 1.82) is 0 Å². The molecule has 34 heavy (non-hydrogen) atoms. The predicted molar refractivity (Wildman–Crippen MR) is 128 cm³/mol. The van der Waals surface area contributed by atoms with Gasteiger partial charge in [-0.1, -0.05) is 50.2 Å². The molecule has 0 fully saturated rings. The minimum Gasteiger partial charge on any atom is -0.497 e. The third-order valence-corrected chi connectivity index (χ3v) is 7.03. The molecule has 1 amide bonds. The number of carbonyl (C=O) groups is 1. The Morgan fingerprint density at radius 2 is 1.68 bits per heavy atom. The summed E-state index contributed by atoms with van der Waals surface area (Å²) < 4.78 is 33.8. The quantitative estimate of drug-likeness (QED) is 0.419. The van der Waals surface area contributed by atoms with Gasteiger partial charge in [0.25, 0.3) is 5.91 Å². The summed E-state index contributed by atoms with van der Waals surface area (Å²) in [6, 6.07) is 17.9. The molecule has 0 aliphatic rings. The number of benzene rings is 2. The maximum absolute atomic E-state index is 13.7. The van der Waals surface area contributed by atoms with E-state index in [0.717, 1.165) is 5.56 Å². The number of hydrogen-bond acceptors (Lipinski definition) is 6. The molecule has 9 heteroatoms. The molecule has 1 aromatic heterocycles. The lowest BCUT2D eigenvalue weighted by Crippen LogP contribution is -2.51. The van der Waals surface area contributed by atoms with Crippen molar-refractivity contribution in [3.8, 4) is 5.75 Å². The Kier molecular flexibility index (Phi) is 8.75. The Morgan fingerprint density at radius 1 is 1.00 bits per heavy atom. The van der Waals surface area contributed by atoms with Gasteiger partial charge in [-0.2, -0.15) is 4.31 Å². The van der Waals surface area contributed by atoms with E-state index in [-0.39, 0.29) is 24.0 Å². The fourth-order valence-corrected chi connectivity index (χ4v) is 5.19. The van der Waals surface area contributed by atoms with E-state index in [9.17, 15) is 13.2 Å². The Balaban J connectivity index is 1.90. The number of ether oxygens (including phenoxy) is 1. The number of nitrogens with one attached hydrogen (secondary N) is 1. The van der Waals surface area contributed by atoms with E-state index in [1.54, 1.807) is 50.5 Å². The lowest BCUT2D eigenvalue weighted by molar-refractivity contribution is -0.140. The van der Waals surface area contributed by atoms with Crippen LogP contribution in [0, 0.1) is 5.92 Å². The number of sulfonamides is 1. The molecular weight excluding hydrogens is 454 g/mol. The molecule has 0 radical (unpaired) electrons. The lowest BCUT2D eigenvalue weighted by atomic mass is 10.0. The normalized spacial score (nSPS) is 12.5. The highest BCUT2D eigenvalue weighted by atomic mass is 32.2. The van der Waals surface area contributed by atoms with Gasteiger partial charge in [-0.3, -0.25) is 14.6 Å². The fourth-order valence-electron chi connectivity index (χ4n) is 3.48. The highest BCUT2D eigenvalue weighted by molar-refractivity contribution is 7.89. The van der Waals surface area contributed by atoms with Crippen molar-refractivity contribution in [1.82, 2.24) is 14.8 Å². The lowest BCUT2D eigenvalue weighted by Gasteiger charge is -2.32. The molecule has 0 aliphatic carbocycles. The number of rotatable bonds is 11. The molecule has 0 aliphatic heterocycles. The highest BCUT2D eigenvalue weighted by Gasteiger charge is 2.38. The van der Waals surface area contributed by atoms with Crippen LogP contribution in [0.1, 0.15) is 25.0 Å². The average Bonchev–Trinajstić information content (AvgIpc) is 2.84. The number of methoxy groups -OCH3 is 1. The van der Waals surface area contributed by atoms with Crippen LogP contribution >= 0.6 is 0 Å². The minimum absolute atomic E-state index is 0.0306. The van der Waals surface area contributed by atoms with Crippen molar-refractivity contribution in [2.24, 2.45) is 5.92 Å². The molecule has 0 spiro atoms. The van der Waals surface area contributed by atoms with Crippen molar-refractivity contribution >= 4 is 15.9 Å². The first kappa shape index (κ1) is 25.4. The summed E-state index contributed by atoms with van der Waals surface area (Å²) in [7, 11) is -2.55. The first-order valence-corrected chi connectivity index (χ1v) is 12.3. The van der Waals surface area contributed by atoms with Crippen molar-refractivity contribution < 1.29 is 22.8 Å². The number of pyridine rings is 1. The van der Waals surface area contributed by atoms with Gasteiger partial charge in [-0.15, -0.1) is 0 Å². The van der Waals surface area contributed by atoms with Crippen molar-refractivity contribution in [3.05, 3.63) is 90.3 Å². The fraction of sp³-hybridized carbons (Fsp3) is 0.280. The Bertz CT molecular complexity index is 1150. The van der Waals surface area contributed by atoms with Gasteiger partial charge in [0.1, 0.15) is 11.8 Å². The van der Waals surface area contributed by atoms with Crippen LogP contribution in [0.2, 0.25) is 0 Å². The molecule has 180 valence electrons. The smallest absolute Gasteiger partial charge is 0.262 e. The van der Waals surface area contributed by atoms with E-state index < -0.39 is 22.0 Å². The summed E-state index contributed by atoms with van der Waals surface area (Å²) in [6.45, 7) is 3.71. The first-order chi connectivity index (χ1) is 16.3. The van der Waals surface area contributed by atoms with E-state index in [0.29, 0.717) is 11.3 Å². The second-order valence-corrected chi connectivity index (χ2v) is 9.91. The monoisotopic (exact) mass is 483 g/mol. The SMILES string of the molecule is COc1ccc(S(=O)(=O)N(Cc2cccnc2)[C@@H](C(=O)NOCc2ccccc2)C(C)C)cc1. The zero-order valence-electron chi connectivity index (χ0n) is 19.4. The number of aromatic nitrogens is 1. The third kappa shape index (κ3) is 6.40. The standard InChI is InChI=1S/C25H29N3O5S/c1-19(2)24(25(29)27-33-18-20-8-5-4-6-9-20)28(17-21-10-7-15-26-16-21)34(30,31)23-13-11-22(32-3)12-14-23/h4-16,19,24H,17-18H2,1-3H3,(H,27,29)/t24-/m1/s1. The van der Waals surface area contributed by atoms with Crippen LogP contribution in [0.15, 0.2) is 84.0 Å². The molecular formula is C25H29N3O5S. The largest absolute Gasteiger partial charge is 0.497 e. The maximum atomic E-state index is 13.7. The Morgan fingerprint density at radius 3 is 2.26 bits per heavy atom. The summed E-state index contributed by atoms with van der Waals surface area (Å²) in [4.78, 5) is 22.8. The molecule has 1 N–H and O–H groups in total. The van der Waals surface area contributed by atoms with E-state index >= 15 is 0 Å². The molecule has 8 nitrogen and oxygen atoms in total. The van der Waals surface area contributed by atoms with Crippen LogP contribution in [0.4, 0.5) is 0 Å². The van der Waals surface area contributed by atoms with Crippen molar-refractivity contribution in [3.63, 3.8) is 0 Å². The van der Waals surface area contributed by atoms with Crippen LogP contribution in [-0.4, -0.2) is 36.8 Å². The molecule has 0 unspecified atom stereocenters. The molecule has 3 aromatic rings. The van der Waals surface area contributed by atoms with Gasteiger partial charge in [0.2, 0.25) is 10.0 Å². The van der Waals surface area contributed by atoms with Crippen LogP contribution < -0.4 is 10.2 Å². The molecule has 2 aromatic carbocycles. The average molecular weight is 484 g/mol. The van der Waals surface area contributed by atoms with Gasteiger partial charge in [0, 0.05) is 18.9 Å². The molecule has 1 atom stereocenters. The van der Waals surface area contributed by atoms with Gasteiger partial charge in [-0.05, 0) is 47.4 Å². The Hall–Kier alpha value is -3.27. The van der Waals surface area contributed by atoms with Gasteiger partial charge >= 0.3 is 0 Å². The summed E-state index contributed by atoms with van der Waals surface area (Å²) in [5.74, 6) is -0.359. The van der Waals surface area contributed by atoms with Crippen molar-refractivity contribution in [2.75, 3.05) is 7.11 Å². The summed E-state index contributed by atoms with van der Waals surface area (Å²) in [6.07, 6.45) is 3.19. The van der Waals surface area contributed by atoms with Gasteiger partial charge in [0.15, 0.2) is 0 Å². The number of hydroxylamine groups is 1. The van der Waals surface area contributed by atoms with Crippen LogP contribution in [0.3, 0.4) is 0 Å². The summed E-state index contributed by atoms with van der Waals surface area (Å²) >= 11 is 0. The van der Waals surface area contributed by atoms with E-state index in [2.05, 4.69) is 10.5 Å². The first-order valence-electron chi connectivity index (χ1n) is 10.8. The molecule has 0 saturated carbocycles. The second kappa shape index (κ2) is 11.7.